The van der Waals surface area contributed by atoms with Crippen molar-refractivity contribution in [3.8, 4) is 11.5 Å². The lowest BCUT2D eigenvalue weighted by molar-refractivity contribution is -0.129. The molecule has 1 aromatic carbocycles. The summed E-state index contributed by atoms with van der Waals surface area (Å²) in [6.07, 6.45) is 3.86. The molecule has 11 heteroatoms. The molecule has 0 aliphatic carbocycles. The molecule has 2 fully saturated rings. The largest absolute Gasteiger partial charge is 0.497 e. The first-order valence-electron chi connectivity index (χ1n) is 11.8. The quantitative estimate of drug-likeness (QED) is 0.518. The minimum absolute atomic E-state index is 0. The lowest BCUT2D eigenvalue weighted by Crippen LogP contribution is -2.52. The SMILES string of the molecule is COc1ccc(CN2C(=O)CCN(c3cnn4ccc(CN5CCNCC5)cc34)C2=O)c(OC)c1.Cl. The van der Waals surface area contributed by atoms with Gasteiger partial charge in [0.2, 0.25) is 5.91 Å². The highest BCUT2D eigenvalue weighted by Gasteiger charge is 2.34. The van der Waals surface area contributed by atoms with Crippen LogP contribution in [-0.4, -0.2) is 78.3 Å². The van der Waals surface area contributed by atoms with E-state index in [-0.39, 0.29) is 37.3 Å². The van der Waals surface area contributed by atoms with Crippen LogP contribution in [0.25, 0.3) is 5.52 Å². The van der Waals surface area contributed by atoms with Gasteiger partial charge < -0.3 is 14.8 Å². The second kappa shape index (κ2) is 11.2. The molecule has 10 nitrogen and oxygen atoms in total. The second-order valence-electron chi connectivity index (χ2n) is 8.76. The van der Waals surface area contributed by atoms with E-state index in [0.717, 1.165) is 43.8 Å². The Hall–Kier alpha value is -3.34. The number of benzene rings is 1. The van der Waals surface area contributed by atoms with Crippen LogP contribution in [0.1, 0.15) is 17.5 Å². The summed E-state index contributed by atoms with van der Waals surface area (Å²) < 4.78 is 12.5. The number of piperazine rings is 1. The van der Waals surface area contributed by atoms with Crippen molar-refractivity contribution in [1.82, 2.24) is 24.7 Å². The fourth-order valence-corrected chi connectivity index (χ4v) is 4.67. The highest BCUT2D eigenvalue weighted by molar-refractivity contribution is 6.07. The average Bonchev–Trinajstić information content (AvgIpc) is 3.30. The van der Waals surface area contributed by atoms with E-state index in [9.17, 15) is 9.59 Å². The van der Waals surface area contributed by atoms with Gasteiger partial charge in [0, 0.05) is 63.5 Å². The highest BCUT2D eigenvalue weighted by Crippen LogP contribution is 2.30. The van der Waals surface area contributed by atoms with Gasteiger partial charge in [-0.3, -0.25) is 19.5 Å². The van der Waals surface area contributed by atoms with Crippen LogP contribution in [0.3, 0.4) is 0 Å². The topological polar surface area (TPSA) is 91.6 Å². The third-order valence-corrected chi connectivity index (χ3v) is 6.61. The van der Waals surface area contributed by atoms with E-state index >= 15 is 0 Å². The monoisotopic (exact) mass is 514 g/mol. The number of halogens is 1. The Morgan fingerprint density at radius 1 is 1.00 bits per heavy atom. The van der Waals surface area contributed by atoms with Crippen molar-refractivity contribution in [2.24, 2.45) is 0 Å². The number of fused-ring (bicyclic) bond motifs is 1. The zero-order valence-electron chi connectivity index (χ0n) is 20.5. The van der Waals surface area contributed by atoms with Crippen LogP contribution in [-0.2, 0) is 17.9 Å². The van der Waals surface area contributed by atoms with Crippen molar-refractivity contribution in [2.75, 3.05) is 51.8 Å². The predicted molar refractivity (Wildman–Crippen MR) is 138 cm³/mol. The molecule has 2 aromatic heterocycles. The van der Waals surface area contributed by atoms with E-state index in [4.69, 9.17) is 9.47 Å². The number of methoxy groups -OCH3 is 2. The number of imide groups is 1. The Morgan fingerprint density at radius 2 is 1.81 bits per heavy atom. The van der Waals surface area contributed by atoms with Gasteiger partial charge in [-0.05, 0) is 29.8 Å². The lowest BCUT2D eigenvalue weighted by atomic mass is 10.1. The number of hydrogen-bond acceptors (Lipinski definition) is 7. The average molecular weight is 515 g/mol. The Morgan fingerprint density at radius 3 is 2.56 bits per heavy atom. The summed E-state index contributed by atoms with van der Waals surface area (Å²) in [7, 11) is 3.14. The third-order valence-electron chi connectivity index (χ3n) is 6.61. The van der Waals surface area contributed by atoms with Gasteiger partial charge in [-0.15, -0.1) is 12.4 Å². The molecule has 2 saturated heterocycles. The first-order chi connectivity index (χ1) is 17.1. The number of pyridine rings is 1. The number of nitrogens with zero attached hydrogens (tertiary/aromatic N) is 5. The fraction of sp³-hybridized carbons (Fsp3) is 0.400. The second-order valence-corrected chi connectivity index (χ2v) is 8.76. The summed E-state index contributed by atoms with van der Waals surface area (Å²) in [6.45, 7) is 5.28. The summed E-state index contributed by atoms with van der Waals surface area (Å²) in [5.74, 6) is 1.00. The number of aromatic nitrogens is 2. The third kappa shape index (κ3) is 5.11. The van der Waals surface area contributed by atoms with Crippen LogP contribution in [0.15, 0.2) is 42.7 Å². The maximum atomic E-state index is 13.5. The number of hydrogen-bond donors (Lipinski definition) is 1. The number of nitrogens with one attached hydrogen (secondary N) is 1. The van der Waals surface area contributed by atoms with Gasteiger partial charge in [0.1, 0.15) is 11.5 Å². The number of carbonyl (C=O) groups excluding carboxylic acids is 2. The van der Waals surface area contributed by atoms with Crippen LogP contribution in [0.5, 0.6) is 11.5 Å². The molecule has 2 aliphatic heterocycles. The normalized spacial score (nSPS) is 16.8. The van der Waals surface area contributed by atoms with Gasteiger partial charge in [-0.1, -0.05) is 0 Å². The minimum atomic E-state index is -0.360. The van der Waals surface area contributed by atoms with Gasteiger partial charge in [-0.2, -0.15) is 5.10 Å². The highest BCUT2D eigenvalue weighted by atomic mass is 35.5. The Labute approximate surface area is 216 Å². The molecule has 2 aliphatic rings. The Bertz CT molecular complexity index is 1240. The predicted octanol–water partition coefficient (Wildman–Crippen LogP) is 2.54. The van der Waals surface area contributed by atoms with Gasteiger partial charge in [0.15, 0.2) is 0 Å². The number of ether oxygens (including phenoxy) is 2. The number of urea groups is 1. The van der Waals surface area contributed by atoms with E-state index in [1.165, 1.54) is 10.5 Å². The lowest BCUT2D eigenvalue weighted by Gasteiger charge is -2.34. The fourth-order valence-electron chi connectivity index (χ4n) is 4.67. The minimum Gasteiger partial charge on any atom is -0.497 e. The van der Waals surface area contributed by atoms with Crippen molar-refractivity contribution in [1.29, 1.82) is 0 Å². The summed E-state index contributed by atoms with van der Waals surface area (Å²) >= 11 is 0. The van der Waals surface area contributed by atoms with Gasteiger partial charge in [0.25, 0.3) is 0 Å². The van der Waals surface area contributed by atoms with E-state index in [1.54, 1.807) is 42.0 Å². The standard InChI is InChI=1S/C25H30N6O4.ClH/c1-34-20-4-3-19(23(14-20)35-2)17-30-24(32)6-9-29(25(30)33)22-15-27-31-10-5-18(13-21(22)31)16-28-11-7-26-8-12-28;/h3-5,10,13-15,26H,6-9,11-12,16-17H2,1-2H3;1H. The van der Waals surface area contributed by atoms with Gasteiger partial charge in [0.05, 0.1) is 38.2 Å². The number of anilines is 1. The Balaban J connectivity index is 0.00000304. The molecule has 36 heavy (non-hydrogen) atoms. The summed E-state index contributed by atoms with van der Waals surface area (Å²) in [4.78, 5) is 31.6. The van der Waals surface area contributed by atoms with Crippen molar-refractivity contribution in [3.63, 3.8) is 0 Å². The van der Waals surface area contributed by atoms with E-state index < -0.39 is 0 Å². The van der Waals surface area contributed by atoms with Crippen molar-refractivity contribution < 1.29 is 19.1 Å². The number of carbonyl (C=O) groups is 2. The molecule has 3 aromatic rings. The molecule has 192 valence electrons. The van der Waals surface area contributed by atoms with E-state index in [2.05, 4.69) is 27.4 Å². The number of amides is 3. The molecule has 0 spiro atoms. The maximum Gasteiger partial charge on any atom is 0.331 e. The molecule has 1 N–H and O–H groups in total. The molecule has 0 saturated carbocycles. The van der Waals surface area contributed by atoms with Crippen molar-refractivity contribution in [2.45, 2.75) is 19.5 Å². The van der Waals surface area contributed by atoms with E-state index in [1.807, 2.05) is 12.3 Å². The van der Waals surface area contributed by atoms with Crippen molar-refractivity contribution in [3.05, 3.63) is 53.9 Å². The Kier molecular flexibility index (Phi) is 7.97. The summed E-state index contributed by atoms with van der Waals surface area (Å²) in [5.41, 5.74) is 3.45. The van der Waals surface area contributed by atoms with Crippen LogP contribution in [0, 0.1) is 0 Å². The molecule has 5 rings (SSSR count). The molecule has 0 radical (unpaired) electrons. The molecular weight excluding hydrogens is 484 g/mol. The molecule has 0 atom stereocenters. The number of rotatable bonds is 7. The molecule has 4 heterocycles. The molecule has 0 bridgehead atoms. The smallest absolute Gasteiger partial charge is 0.331 e. The molecule has 3 amide bonds. The summed E-state index contributed by atoms with van der Waals surface area (Å²) in [5, 5.41) is 7.83. The van der Waals surface area contributed by atoms with E-state index in [0.29, 0.717) is 23.7 Å². The molecule has 0 unspecified atom stereocenters. The first-order valence-corrected chi connectivity index (χ1v) is 11.8. The summed E-state index contributed by atoms with van der Waals surface area (Å²) in [6, 6.07) is 9.15. The van der Waals surface area contributed by atoms with Crippen LogP contribution < -0.4 is 19.7 Å². The first kappa shape index (κ1) is 25.7. The van der Waals surface area contributed by atoms with Crippen molar-refractivity contribution >= 4 is 35.5 Å². The maximum absolute atomic E-state index is 13.5. The van der Waals surface area contributed by atoms with Crippen LogP contribution in [0.4, 0.5) is 10.5 Å². The van der Waals surface area contributed by atoms with Gasteiger partial charge in [-0.25, -0.2) is 9.31 Å². The van der Waals surface area contributed by atoms with Crippen LogP contribution >= 0.6 is 12.4 Å². The molecular formula is C25H31ClN6O4. The zero-order valence-corrected chi connectivity index (χ0v) is 21.3. The zero-order chi connectivity index (χ0) is 24.4. The van der Waals surface area contributed by atoms with Crippen LogP contribution in [0.2, 0.25) is 0 Å². The van der Waals surface area contributed by atoms with Gasteiger partial charge >= 0.3 is 6.03 Å².